The Labute approximate surface area is 191 Å². The summed E-state index contributed by atoms with van der Waals surface area (Å²) in [5.41, 5.74) is 1.85. The number of carbonyl (C=O) groups is 1. The van der Waals surface area contributed by atoms with Crippen LogP contribution in [0.15, 0.2) is 66.1 Å². The fourth-order valence-electron chi connectivity index (χ4n) is 3.03. The first-order valence-corrected chi connectivity index (χ1v) is 10.8. The maximum absolute atomic E-state index is 13.8. The SMILES string of the molecule is Cc1c(Cl)cccc1-n1c(SCC(=O)Nc2c(F)cccc2F)nnc1-c1ccncc1. The third kappa shape index (κ3) is 4.49. The van der Waals surface area contributed by atoms with E-state index >= 15 is 0 Å². The predicted octanol–water partition coefficient (Wildman–Crippen LogP) is 5.30. The summed E-state index contributed by atoms with van der Waals surface area (Å²) in [6.07, 6.45) is 3.28. The van der Waals surface area contributed by atoms with E-state index in [1.54, 1.807) is 35.2 Å². The van der Waals surface area contributed by atoms with E-state index in [-0.39, 0.29) is 5.75 Å². The number of nitrogens with zero attached hydrogens (tertiary/aromatic N) is 4. The van der Waals surface area contributed by atoms with Crippen LogP contribution >= 0.6 is 23.4 Å². The van der Waals surface area contributed by atoms with E-state index in [4.69, 9.17) is 11.6 Å². The average Bonchev–Trinajstić information content (AvgIpc) is 3.21. The number of hydrogen-bond donors (Lipinski definition) is 1. The summed E-state index contributed by atoms with van der Waals surface area (Å²) >= 11 is 7.41. The van der Waals surface area contributed by atoms with Gasteiger partial charge in [0.2, 0.25) is 5.91 Å². The van der Waals surface area contributed by atoms with Crippen LogP contribution in [0.1, 0.15) is 5.56 Å². The molecule has 4 rings (SSSR count). The fraction of sp³-hybridized carbons (Fsp3) is 0.0909. The zero-order chi connectivity index (χ0) is 22.7. The zero-order valence-electron chi connectivity index (χ0n) is 16.7. The first-order valence-electron chi connectivity index (χ1n) is 9.43. The van der Waals surface area contributed by atoms with Crippen molar-refractivity contribution in [3.8, 4) is 17.1 Å². The molecule has 1 N–H and O–H groups in total. The molecule has 0 fully saturated rings. The van der Waals surface area contributed by atoms with Gasteiger partial charge in [0.1, 0.15) is 17.3 Å². The number of pyridine rings is 1. The molecule has 0 saturated carbocycles. The Morgan fingerprint density at radius 1 is 1.06 bits per heavy atom. The lowest BCUT2D eigenvalue weighted by Crippen LogP contribution is -2.16. The summed E-state index contributed by atoms with van der Waals surface area (Å²) < 4.78 is 29.4. The van der Waals surface area contributed by atoms with Crippen LogP contribution in [0.3, 0.4) is 0 Å². The number of benzene rings is 2. The van der Waals surface area contributed by atoms with Gasteiger partial charge in [-0.05, 0) is 48.9 Å². The van der Waals surface area contributed by atoms with Gasteiger partial charge in [-0.3, -0.25) is 14.3 Å². The van der Waals surface area contributed by atoms with Gasteiger partial charge in [0.15, 0.2) is 11.0 Å². The second-order valence-corrected chi connectivity index (χ2v) is 8.04. The van der Waals surface area contributed by atoms with Crippen LogP contribution in [0.25, 0.3) is 17.1 Å². The van der Waals surface area contributed by atoms with E-state index in [2.05, 4.69) is 20.5 Å². The van der Waals surface area contributed by atoms with E-state index in [1.807, 2.05) is 19.1 Å². The Balaban J connectivity index is 1.65. The third-order valence-electron chi connectivity index (χ3n) is 4.61. The number of aromatic nitrogens is 4. The smallest absolute Gasteiger partial charge is 0.235 e. The topological polar surface area (TPSA) is 72.7 Å². The molecule has 0 atom stereocenters. The minimum Gasteiger partial charge on any atom is -0.320 e. The molecule has 2 aromatic carbocycles. The lowest BCUT2D eigenvalue weighted by molar-refractivity contribution is -0.113. The molecule has 0 radical (unpaired) electrons. The molecule has 162 valence electrons. The average molecular weight is 472 g/mol. The van der Waals surface area contributed by atoms with Gasteiger partial charge in [-0.25, -0.2) is 8.78 Å². The largest absolute Gasteiger partial charge is 0.320 e. The fourth-order valence-corrected chi connectivity index (χ4v) is 3.94. The number of amides is 1. The highest BCUT2D eigenvalue weighted by molar-refractivity contribution is 7.99. The summed E-state index contributed by atoms with van der Waals surface area (Å²) in [6, 6.07) is 12.4. The van der Waals surface area contributed by atoms with Crippen LogP contribution in [-0.4, -0.2) is 31.4 Å². The van der Waals surface area contributed by atoms with Crippen molar-refractivity contribution in [1.82, 2.24) is 19.7 Å². The minimum atomic E-state index is -0.846. The number of anilines is 1. The summed E-state index contributed by atoms with van der Waals surface area (Å²) in [6.45, 7) is 1.87. The second-order valence-electron chi connectivity index (χ2n) is 6.69. The van der Waals surface area contributed by atoms with Crippen molar-refractivity contribution in [1.29, 1.82) is 0 Å². The number of para-hydroxylation sites is 1. The van der Waals surface area contributed by atoms with Crippen LogP contribution in [0.2, 0.25) is 5.02 Å². The number of carbonyl (C=O) groups excluding carboxylic acids is 1. The van der Waals surface area contributed by atoms with E-state index < -0.39 is 23.2 Å². The summed E-state index contributed by atoms with van der Waals surface area (Å²) in [5.74, 6) is -1.87. The Kier molecular flexibility index (Phi) is 6.48. The Bertz CT molecular complexity index is 1260. The number of thioether (sulfide) groups is 1. The molecule has 0 aliphatic rings. The molecule has 10 heteroatoms. The highest BCUT2D eigenvalue weighted by Gasteiger charge is 2.20. The predicted molar refractivity (Wildman–Crippen MR) is 120 cm³/mol. The van der Waals surface area contributed by atoms with Crippen molar-refractivity contribution in [2.45, 2.75) is 12.1 Å². The molecule has 2 aromatic heterocycles. The molecular weight excluding hydrogens is 456 g/mol. The quantitative estimate of drug-likeness (QED) is 0.386. The summed E-state index contributed by atoms with van der Waals surface area (Å²) in [7, 11) is 0. The van der Waals surface area contributed by atoms with E-state index in [0.29, 0.717) is 16.0 Å². The maximum Gasteiger partial charge on any atom is 0.235 e. The van der Waals surface area contributed by atoms with E-state index in [0.717, 1.165) is 40.7 Å². The molecule has 0 spiro atoms. The van der Waals surface area contributed by atoms with Crippen LogP contribution in [0.4, 0.5) is 14.5 Å². The van der Waals surface area contributed by atoms with Gasteiger partial charge in [0, 0.05) is 23.0 Å². The van der Waals surface area contributed by atoms with Crippen molar-refractivity contribution in [2.24, 2.45) is 0 Å². The van der Waals surface area contributed by atoms with E-state index in [9.17, 15) is 13.6 Å². The van der Waals surface area contributed by atoms with Crippen LogP contribution in [0.5, 0.6) is 0 Å². The van der Waals surface area contributed by atoms with Gasteiger partial charge in [-0.1, -0.05) is 35.5 Å². The molecule has 1 amide bonds. The molecule has 4 aromatic rings. The molecule has 0 saturated heterocycles. The lowest BCUT2D eigenvalue weighted by atomic mass is 10.2. The van der Waals surface area contributed by atoms with Crippen molar-refractivity contribution in [3.63, 3.8) is 0 Å². The zero-order valence-corrected chi connectivity index (χ0v) is 18.3. The number of hydrogen-bond acceptors (Lipinski definition) is 5. The van der Waals surface area contributed by atoms with Gasteiger partial charge in [0.25, 0.3) is 0 Å². The van der Waals surface area contributed by atoms with Crippen molar-refractivity contribution in [2.75, 3.05) is 11.1 Å². The minimum absolute atomic E-state index is 0.137. The van der Waals surface area contributed by atoms with Gasteiger partial charge in [0.05, 0.1) is 11.4 Å². The molecule has 2 heterocycles. The molecule has 0 bridgehead atoms. The van der Waals surface area contributed by atoms with Gasteiger partial charge in [-0.15, -0.1) is 10.2 Å². The molecule has 0 unspecified atom stereocenters. The molecular formula is C22H16ClF2N5OS. The Morgan fingerprint density at radius 2 is 1.75 bits per heavy atom. The first-order chi connectivity index (χ1) is 15.5. The third-order valence-corrected chi connectivity index (χ3v) is 5.95. The second kappa shape index (κ2) is 9.46. The highest BCUT2D eigenvalue weighted by Crippen LogP contribution is 2.31. The maximum atomic E-state index is 13.8. The highest BCUT2D eigenvalue weighted by atomic mass is 35.5. The van der Waals surface area contributed by atoms with Crippen molar-refractivity contribution < 1.29 is 13.6 Å². The first kappa shape index (κ1) is 21.9. The van der Waals surface area contributed by atoms with Gasteiger partial charge in [-0.2, -0.15) is 0 Å². The lowest BCUT2D eigenvalue weighted by Gasteiger charge is -2.14. The summed E-state index contributed by atoms with van der Waals surface area (Å²) in [5, 5.41) is 11.8. The van der Waals surface area contributed by atoms with Gasteiger partial charge < -0.3 is 5.32 Å². The molecule has 6 nitrogen and oxygen atoms in total. The monoisotopic (exact) mass is 471 g/mol. The van der Waals surface area contributed by atoms with Crippen LogP contribution in [-0.2, 0) is 4.79 Å². The van der Waals surface area contributed by atoms with Crippen molar-refractivity contribution in [3.05, 3.63) is 83.1 Å². The Morgan fingerprint density at radius 3 is 2.47 bits per heavy atom. The van der Waals surface area contributed by atoms with Crippen molar-refractivity contribution >= 4 is 35.0 Å². The Hall–Kier alpha value is -3.30. The van der Waals surface area contributed by atoms with E-state index in [1.165, 1.54) is 6.07 Å². The molecule has 0 aliphatic carbocycles. The van der Waals surface area contributed by atoms with Crippen LogP contribution < -0.4 is 5.32 Å². The standard InChI is InChI=1S/C22H16ClF2N5OS/c1-13-15(23)4-2-7-18(13)30-21(14-8-10-26-11-9-14)28-29-22(30)32-12-19(31)27-20-16(24)5-3-6-17(20)25/h2-11H,12H2,1H3,(H,27,31). The summed E-state index contributed by atoms with van der Waals surface area (Å²) in [4.78, 5) is 16.4. The van der Waals surface area contributed by atoms with Gasteiger partial charge >= 0.3 is 0 Å². The van der Waals surface area contributed by atoms with Crippen LogP contribution in [0, 0.1) is 18.6 Å². The number of nitrogens with one attached hydrogen (secondary N) is 1. The number of halogens is 3. The number of rotatable bonds is 6. The normalized spacial score (nSPS) is 10.9. The molecule has 0 aliphatic heterocycles. The molecule has 32 heavy (non-hydrogen) atoms.